The molecule has 0 aliphatic carbocycles. The van der Waals surface area contributed by atoms with Crippen LogP contribution >= 0.6 is 15.9 Å². The van der Waals surface area contributed by atoms with E-state index in [2.05, 4.69) is 28.1 Å². The van der Waals surface area contributed by atoms with Crippen LogP contribution in [0.1, 0.15) is 24.3 Å². The van der Waals surface area contributed by atoms with Crippen molar-refractivity contribution in [1.29, 1.82) is 0 Å². The van der Waals surface area contributed by atoms with Crippen LogP contribution < -0.4 is 0 Å². The highest BCUT2D eigenvalue weighted by molar-refractivity contribution is 9.10. The average Bonchev–Trinajstić information content (AvgIpc) is 2.28. The maximum absolute atomic E-state index is 12.3. The van der Waals surface area contributed by atoms with E-state index in [1.165, 1.54) is 10.5 Å². The van der Waals surface area contributed by atoms with Gasteiger partial charge in [-0.25, -0.2) is 0 Å². The zero-order valence-electron chi connectivity index (χ0n) is 9.88. The first kappa shape index (κ1) is 13.9. The molecule has 100 valence electrons. The van der Waals surface area contributed by atoms with Crippen molar-refractivity contribution >= 4 is 15.9 Å². The van der Waals surface area contributed by atoms with E-state index in [9.17, 15) is 13.2 Å². The molecule has 1 aromatic rings. The minimum atomic E-state index is -4.08. The average molecular weight is 322 g/mol. The molecule has 0 atom stereocenters. The Bertz CT molecular complexity index is 397. The van der Waals surface area contributed by atoms with Gasteiger partial charge in [0, 0.05) is 4.47 Å². The van der Waals surface area contributed by atoms with E-state index in [4.69, 9.17) is 0 Å². The minimum Gasteiger partial charge on any atom is -0.295 e. The van der Waals surface area contributed by atoms with Crippen molar-refractivity contribution in [2.24, 2.45) is 0 Å². The van der Waals surface area contributed by atoms with Gasteiger partial charge in [-0.3, -0.25) is 4.90 Å². The molecule has 1 saturated heterocycles. The molecule has 1 fully saturated rings. The lowest BCUT2D eigenvalue weighted by molar-refractivity contribution is -0.147. The zero-order chi connectivity index (χ0) is 13.2. The fourth-order valence-electron chi connectivity index (χ4n) is 2.44. The molecule has 0 aromatic heterocycles. The van der Waals surface area contributed by atoms with Crippen LogP contribution in [0.2, 0.25) is 0 Å². The van der Waals surface area contributed by atoms with Crippen LogP contribution in [0, 0.1) is 0 Å². The first-order chi connectivity index (χ1) is 8.44. The molecule has 0 bridgehead atoms. The van der Waals surface area contributed by atoms with Gasteiger partial charge in [-0.15, -0.1) is 0 Å². The summed E-state index contributed by atoms with van der Waals surface area (Å²) in [7, 11) is 0. The van der Waals surface area contributed by atoms with E-state index in [1.54, 1.807) is 0 Å². The lowest BCUT2D eigenvalue weighted by Gasteiger charge is -2.32. The maximum Gasteiger partial charge on any atom is 0.401 e. The number of alkyl halides is 3. The molecule has 0 radical (unpaired) electrons. The Kier molecular flexibility index (Phi) is 4.33. The number of likely N-dealkylation sites (tertiary alicyclic amines) is 1. The highest BCUT2D eigenvalue weighted by Crippen LogP contribution is 2.30. The summed E-state index contributed by atoms with van der Waals surface area (Å²) < 4.78 is 37.8. The van der Waals surface area contributed by atoms with E-state index in [-0.39, 0.29) is 0 Å². The van der Waals surface area contributed by atoms with Crippen molar-refractivity contribution in [3.05, 3.63) is 34.3 Å². The monoisotopic (exact) mass is 321 g/mol. The van der Waals surface area contributed by atoms with Crippen LogP contribution in [0.25, 0.3) is 0 Å². The predicted octanol–water partition coefficient (Wildman–Crippen LogP) is 4.19. The zero-order valence-corrected chi connectivity index (χ0v) is 11.5. The third-order valence-electron chi connectivity index (χ3n) is 3.31. The molecule has 18 heavy (non-hydrogen) atoms. The van der Waals surface area contributed by atoms with Crippen molar-refractivity contribution in [3.8, 4) is 0 Å². The van der Waals surface area contributed by atoms with Crippen molar-refractivity contribution in [2.45, 2.75) is 24.9 Å². The second-order valence-electron chi connectivity index (χ2n) is 4.72. The summed E-state index contributed by atoms with van der Waals surface area (Å²) in [5.74, 6) is 0.381. The smallest absolute Gasteiger partial charge is 0.295 e. The standard InChI is InChI=1S/C13H15BrF3N/c14-12-3-1-2-11(8-12)10-4-6-18(7-5-10)9-13(15,16)17/h1-3,8,10H,4-7,9H2. The summed E-state index contributed by atoms with van der Waals surface area (Å²) in [5.41, 5.74) is 1.22. The Morgan fingerprint density at radius 3 is 2.44 bits per heavy atom. The van der Waals surface area contributed by atoms with Gasteiger partial charge in [0.1, 0.15) is 0 Å². The van der Waals surface area contributed by atoms with Gasteiger partial charge in [0.05, 0.1) is 6.54 Å². The van der Waals surface area contributed by atoms with Crippen LogP contribution in [0.15, 0.2) is 28.7 Å². The first-order valence-corrected chi connectivity index (χ1v) is 6.78. The second-order valence-corrected chi connectivity index (χ2v) is 5.64. The van der Waals surface area contributed by atoms with Crippen molar-refractivity contribution < 1.29 is 13.2 Å². The number of halogens is 4. The lowest BCUT2D eigenvalue weighted by atomic mass is 9.89. The summed E-state index contributed by atoms with van der Waals surface area (Å²) in [6.07, 6.45) is -2.48. The number of benzene rings is 1. The normalized spacial score (nSPS) is 19.1. The van der Waals surface area contributed by atoms with E-state index >= 15 is 0 Å². The van der Waals surface area contributed by atoms with Gasteiger partial charge in [-0.2, -0.15) is 13.2 Å². The fourth-order valence-corrected chi connectivity index (χ4v) is 2.86. The van der Waals surface area contributed by atoms with E-state index in [0.717, 1.165) is 17.3 Å². The SMILES string of the molecule is FC(F)(F)CN1CCC(c2cccc(Br)c2)CC1. The van der Waals surface area contributed by atoms with E-state index in [1.807, 2.05) is 12.1 Å². The number of hydrogen-bond acceptors (Lipinski definition) is 1. The van der Waals surface area contributed by atoms with Crippen LogP contribution in [-0.4, -0.2) is 30.7 Å². The van der Waals surface area contributed by atoms with Crippen molar-refractivity contribution in [1.82, 2.24) is 4.90 Å². The Labute approximate surface area is 113 Å². The molecule has 0 saturated carbocycles. The second kappa shape index (κ2) is 5.61. The lowest BCUT2D eigenvalue weighted by Crippen LogP contribution is -2.39. The van der Waals surface area contributed by atoms with Gasteiger partial charge < -0.3 is 0 Å². The molecule has 0 amide bonds. The highest BCUT2D eigenvalue weighted by atomic mass is 79.9. The summed E-state index contributed by atoms with van der Waals surface area (Å²) in [4.78, 5) is 1.49. The minimum absolute atomic E-state index is 0.381. The van der Waals surface area contributed by atoms with E-state index in [0.29, 0.717) is 19.0 Å². The maximum atomic E-state index is 12.3. The molecule has 1 aliphatic rings. The third kappa shape index (κ3) is 3.99. The largest absolute Gasteiger partial charge is 0.401 e. The van der Waals surface area contributed by atoms with Crippen LogP contribution in [0.5, 0.6) is 0 Å². The third-order valence-corrected chi connectivity index (χ3v) is 3.80. The molecule has 1 nitrogen and oxygen atoms in total. The molecule has 2 rings (SSSR count). The number of rotatable bonds is 2. The molecule has 0 spiro atoms. The Morgan fingerprint density at radius 2 is 1.89 bits per heavy atom. The molecule has 1 aliphatic heterocycles. The molecule has 1 aromatic carbocycles. The van der Waals surface area contributed by atoms with Gasteiger partial charge in [-0.1, -0.05) is 28.1 Å². The number of hydrogen-bond donors (Lipinski definition) is 0. The molecular formula is C13H15BrF3N. The van der Waals surface area contributed by atoms with Crippen LogP contribution in [0.3, 0.4) is 0 Å². The molecular weight excluding hydrogens is 307 g/mol. The highest BCUT2D eigenvalue weighted by Gasteiger charge is 2.32. The van der Waals surface area contributed by atoms with Crippen LogP contribution in [0.4, 0.5) is 13.2 Å². The Hall–Kier alpha value is -0.550. The molecule has 0 unspecified atom stereocenters. The van der Waals surface area contributed by atoms with E-state index < -0.39 is 12.7 Å². The Morgan fingerprint density at radius 1 is 1.22 bits per heavy atom. The quantitative estimate of drug-likeness (QED) is 0.789. The fraction of sp³-hybridized carbons (Fsp3) is 0.538. The summed E-state index contributed by atoms with van der Waals surface area (Å²) in [6, 6.07) is 8.04. The number of nitrogens with zero attached hydrogens (tertiary/aromatic N) is 1. The van der Waals surface area contributed by atoms with Crippen LogP contribution in [-0.2, 0) is 0 Å². The van der Waals surface area contributed by atoms with Crippen molar-refractivity contribution in [2.75, 3.05) is 19.6 Å². The summed E-state index contributed by atoms with van der Waals surface area (Å²) >= 11 is 3.42. The van der Waals surface area contributed by atoms with Crippen molar-refractivity contribution in [3.63, 3.8) is 0 Å². The first-order valence-electron chi connectivity index (χ1n) is 5.98. The summed E-state index contributed by atoms with van der Waals surface area (Å²) in [6.45, 7) is 0.269. The van der Waals surface area contributed by atoms with Gasteiger partial charge >= 0.3 is 6.18 Å². The molecule has 1 heterocycles. The van der Waals surface area contributed by atoms with Gasteiger partial charge in [0.2, 0.25) is 0 Å². The van der Waals surface area contributed by atoms with Gasteiger partial charge in [0.15, 0.2) is 0 Å². The predicted molar refractivity (Wildman–Crippen MR) is 68.6 cm³/mol. The molecule has 0 N–H and O–H groups in total. The van der Waals surface area contributed by atoms with Gasteiger partial charge in [-0.05, 0) is 49.5 Å². The Balaban J connectivity index is 1.91. The number of piperidine rings is 1. The summed E-state index contributed by atoms with van der Waals surface area (Å²) in [5, 5.41) is 0. The molecule has 5 heteroatoms. The van der Waals surface area contributed by atoms with Gasteiger partial charge in [0.25, 0.3) is 0 Å². The topological polar surface area (TPSA) is 3.24 Å².